The monoisotopic (exact) mass is 261 g/mol. The molecule has 2 fully saturated rings. The van der Waals surface area contributed by atoms with E-state index in [0.29, 0.717) is 12.1 Å². The van der Waals surface area contributed by atoms with Crippen LogP contribution in [-0.2, 0) is 0 Å². The zero-order valence-electron chi connectivity index (χ0n) is 11.5. The topological polar surface area (TPSA) is 43.7 Å². The van der Waals surface area contributed by atoms with E-state index in [0.717, 1.165) is 37.7 Å². The Morgan fingerprint density at radius 1 is 1.21 bits per heavy atom. The molecule has 2 N–H and O–H groups in total. The van der Waals surface area contributed by atoms with Gasteiger partial charge in [-0.05, 0) is 38.2 Å². The SMILES string of the molecule is CC[C@@H](O)c1ccccc1N1C2CCC1CC(O)C2. The second-order valence-corrected chi connectivity index (χ2v) is 5.90. The van der Waals surface area contributed by atoms with E-state index in [1.54, 1.807) is 0 Å². The van der Waals surface area contributed by atoms with Crippen LogP contribution in [0.4, 0.5) is 5.69 Å². The molecule has 19 heavy (non-hydrogen) atoms. The molecule has 0 radical (unpaired) electrons. The number of aliphatic hydroxyl groups excluding tert-OH is 2. The molecule has 1 aromatic rings. The fourth-order valence-electron chi connectivity index (χ4n) is 3.77. The summed E-state index contributed by atoms with van der Waals surface area (Å²) in [5.74, 6) is 0. The molecular weight excluding hydrogens is 238 g/mol. The lowest BCUT2D eigenvalue weighted by Gasteiger charge is -2.40. The van der Waals surface area contributed by atoms with Gasteiger partial charge in [-0.1, -0.05) is 25.1 Å². The maximum atomic E-state index is 10.2. The molecule has 0 aliphatic carbocycles. The van der Waals surface area contributed by atoms with Gasteiger partial charge in [-0.3, -0.25) is 0 Å². The Morgan fingerprint density at radius 2 is 1.84 bits per heavy atom. The van der Waals surface area contributed by atoms with Crippen molar-refractivity contribution in [2.75, 3.05) is 4.90 Å². The molecule has 3 heteroatoms. The normalized spacial score (nSPS) is 31.5. The standard InChI is InChI=1S/C16H23NO2/c1-2-16(19)14-5-3-4-6-15(14)17-11-7-8-12(17)10-13(18)9-11/h3-6,11-13,16,18-19H,2,7-10H2,1H3/t11?,12?,13?,16-/m1/s1. The third-order valence-corrected chi connectivity index (χ3v) is 4.67. The molecule has 3 rings (SSSR count). The van der Waals surface area contributed by atoms with Crippen molar-refractivity contribution in [3.63, 3.8) is 0 Å². The summed E-state index contributed by atoms with van der Waals surface area (Å²) in [4.78, 5) is 2.46. The largest absolute Gasteiger partial charge is 0.393 e. The number of anilines is 1. The average molecular weight is 261 g/mol. The van der Waals surface area contributed by atoms with Gasteiger partial charge >= 0.3 is 0 Å². The van der Waals surface area contributed by atoms with Gasteiger partial charge in [0.15, 0.2) is 0 Å². The van der Waals surface area contributed by atoms with Crippen LogP contribution in [0.1, 0.15) is 50.7 Å². The molecule has 2 heterocycles. The predicted octanol–water partition coefficient (Wildman–Crippen LogP) is 2.62. The van der Waals surface area contributed by atoms with Crippen LogP contribution in [0.25, 0.3) is 0 Å². The third-order valence-electron chi connectivity index (χ3n) is 4.67. The predicted molar refractivity (Wildman–Crippen MR) is 76.2 cm³/mol. The van der Waals surface area contributed by atoms with Gasteiger partial charge in [0.1, 0.15) is 0 Å². The highest BCUT2D eigenvalue weighted by Crippen LogP contribution is 2.42. The molecule has 2 saturated heterocycles. The number of hydrogen-bond donors (Lipinski definition) is 2. The van der Waals surface area contributed by atoms with Crippen molar-refractivity contribution in [3.8, 4) is 0 Å². The quantitative estimate of drug-likeness (QED) is 0.879. The molecule has 104 valence electrons. The van der Waals surface area contributed by atoms with Crippen LogP contribution in [-0.4, -0.2) is 28.4 Å². The molecule has 0 amide bonds. The van der Waals surface area contributed by atoms with E-state index in [2.05, 4.69) is 11.0 Å². The van der Waals surface area contributed by atoms with Gasteiger partial charge in [0.05, 0.1) is 12.2 Å². The minimum Gasteiger partial charge on any atom is -0.393 e. The number of nitrogens with zero attached hydrogens (tertiary/aromatic N) is 1. The first-order valence-corrected chi connectivity index (χ1v) is 7.44. The van der Waals surface area contributed by atoms with E-state index >= 15 is 0 Å². The molecule has 0 aromatic heterocycles. The van der Waals surface area contributed by atoms with Crippen LogP contribution < -0.4 is 4.90 Å². The van der Waals surface area contributed by atoms with Crippen LogP contribution in [0.5, 0.6) is 0 Å². The lowest BCUT2D eigenvalue weighted by atomic mass is 9.96. The number of aliphatic hydroxyl groups is 2. The first-order chi connectivity index (χ1) is 9.20. The summed E-state index contributed by atoms with van der Waals surface area (Å²) < 4.78 is 0. The van der Waals surface area contributed by atoms with Crippen LogP contribution in [0.3, 0.4) is 0 Å². The maximum Gasteiger partial charge on any atom is 0.0807 e. The van der Waals surface area contributed by atoms with Crippen molar-refractivity contribution >= 4 is 5.69 Å². The first-order valence-electron chi connectivity index (χ1n) is 7.44. The van der Waals surface area contributed by atoms with Crippen LogP contribution in [0, 0.1) is 0 Å². The molecule has 2 aliphatic heterocycles. The van der Waals surface area contributed by atoms with Gasteiger partial charge in [-0.25, -0.2) is 0 Å². The zero-order chi connectivity index (χ0) is 13.4. The summed E-state index contributed by atoms with van der Waals surface area (Å²) in [6, 6.07) is 9.09. The van der Waals surface area contributed by atoms with Gasteiger partial charge < -0.3 is 15.1 Å². The maximum absolute atomic E-state index is 10.2. The smallest absolute Gasteiger partial charge is 0.0807 e. The van der Waals surface area contributed by atoms with Crippen LogP contribution >= 0.6 is 0 Å². The minimum absolute atomic E-state index is 0.142. The Morgan fingerprint density at radius 3 is 2.47 bits per heavy atom. The summed E-state index contributed by atoms with van der Waals surface area (Å²) >= 11 is 0. The number of rotatable bonds is 3. The van der Waals surface area contributed by atoms with Gasteiger partial charge in [0.2, 0.25) is 0 Å². The molecule has 0 spiro atoms. The van der Waals surface area contributed by atoms with E-state index in [-0.39, 0.29) is 12.2 Å². The van der Waals surface area contributed by atoms with Crippen molar-refractivity contribution in [2.45, 2.75) is 63.3 Å². The summed E-state index contributed by atoms with van der Waals surface area (Å²) in [5.41, 5.74) is 2.22. The molecule has 2 bridgehead atoms. The van der Waals surface area contributed by atoms with E-state index in [1.165, 1.54) is 5.69 Å². The van der Waals surface area contributed by atoms with Gasteiger partial charge in [-0.2, -0.15) is 0 Å². The molecule has 0 saturated carbocycles. The van der Waals surface area contributed by atoms with Gasteiger partial charge in [-0.15, -0.1) is 0 Å². The summed E-state index contributed by atoms with van der Waals surface area (Å²) in [7, 11) is 0. The number of benzene rings is 1. The lowest BCUT2D eigenvalue weighted by Crippen LogP contribution is -2.45. The number of piperidine rings is 1. The van der Waals surface area contributed by atoms with Crippen LogP contribution in [0.15, 0.2) is 24.3 Å². The van der Waals surface area contributed by atoms with E-state index in [4.69, 9.17) is 0 Å². The summed E-state index contributed by atoms with van der Waals surface area (Å²) in [6.07, 6.45) is 4.28. The number of fused-ring (bicyclic) bond motifs is 2. The van der Waals surface area contributed by atoms with E-state index in [1.807, 2.05) is 25.1 Å². The molecule has 3 atom stereocenters. The lowest BCUT2D eigenvalue weighted by molar-refractivity contribution is 0.125. The molecule has 2 unspecified atom stereocenters. The second-order valence-electron chi connectivity index (χ2n) is 5.90. The highest BCUT2D eigenvalue weighted by atomic mass is 16.3. The van der Waals surface area contributed by atoms with Crippen molar-refractivity contribution < 1.29 is 10.2 Å². The summed E-state index contributed by atoms with van der Waals surface area (Å²) in [5, 5.41) is 20.1. The number of hydrogen-bond acceptors (Lipinski definition) is 3. The highest BCUT2D eigenvalue weighted by Gasteiger charge is 2.41. The first kappa shape index (κ1) is 12.9. The Labute approximate surface area is 114 Å². The zero-order valence-corrected chi connectivity index (χ0v) is 11.5. The van der Waals surface area contributed by atoms with Crippen molar-refractivity contribution in [3.05, 3.63) is 29.8 Å². The Balaban J connectivity index is 1.95. The summed E-state index contributed by atoms with van der Waals surface area (Å²) in [6.45, 7) is 2.01. The van der Waals surface area contributed by atoms with Gasteiger partial charge in [0, 0.05) is 23.3 Å². The highest BCUT2D eigenvalue weighted by molar-refractivity contribution is 5.57. The van der Waals surface area contributed by atoms with E-state index in [9.17, 15) is 10.2 Å². The van der Waals surface area contributed by atoms with Crippen LogP contribution in [0.2, 0.25) is 0 Å². The van der Waals surface area contributed by atoms with Crippen molar-refractivity contribution in [2.24, 2.45) is 0 Å². The van der Waals surface area contributed by atoms with E-state index < -0.39 is 0 Å². The fraction of sp³-hybridized carbons (Fsp3) is 0.625. The Hall–Kier alpha value is -1.06. The average Bonchev–Trinajstić information content (AvgIpc) is 2.70. The minimum atomic E-state index is -0.387. The number of para-hydroxylation sites is 1. The molecular formula is C16H23NO2. The molecule has 3 nitrogen and oxygen atoms in total. The Kier molecular flexibility index (Phi) is 3.50. The Bertz CT molecular complexity index is 434. The van der Waals surface area contributed by atoms with Gasteiger partial charge in [0.25, 0.3) is 0 Å². The second kappa shape index (κ2) is 5.14. The fourth-order valence-corrected chi connectivity index (χ4v) is 3.77. The van der Waals surface area contributed by atoms with Crippen molar-refractivity contribution in [1.29, 1.82) is 0 Å². The van der Waals surface area contributed by atoms with Crippen molar-refractivity contribution in [1.82, 2.24) is 0 Å². The molecule has 1 aromatic carbocycles. The molecule has 2 aliphatic rings. The third kappa shape index (κ3) is 2.26.